The van der Waals surface area contributed by atoms with E-state index in [-0.39, 0.29) is 11.6 Å². The van der Waals surface area contributed by atoms with E-state index in [1.54, 1.807) is 36.4 Å². The minimum Gasteiger partial charge on any atom is -0.355 e. The van der Waals surface area contributed by atoms with Crippen LogP contribution in [0.1, 0.15) is 16.1 Å². The van der Waals surface area contributed by atoms with E-state index in [1.165, 1.54) is 0 Å². The van der Waals surface area contributed by atoms with Gasteiger partial charge in [0.05, 0.1) is 0 Å². The second-order valence-electron chi connectivity index (χ2n) is 4.90. The lowest BCUT2D eigenvalue weighted by Crippen LogP contribution is -2.22. The molecule has 6 heteroatoms. The molecule has 0 aliphatic carbocycles. The highest BCUT2D eigenvalue weighted by molar-refractivity contribution is 6.31. The Labute approximate surface area is 143 Å². The molecule has 1 amide bonds. The zero-order valence-electron chi connectivity index (χ0n) is 11.9. The molecule has 0 unspecified atom stereocenters. The van der Waals surface area contributed by atoms with Crippen LogP contribution in [-0.4, -0.2) is 11.1 Å². The van der Waals surface area contributed by atoms with E-state index >= 15 is 0 Å². The number of halogens is 2. The van der Waals surface area contributed by atoms with Crippen molar-refractivity contribution in [3.63, 3.8) is 0 Å². The fourth-order valence-electron chi connectivity index (χ4n) is 2.04. The number of aromatic nitrogens is 1. The van der Waals surface area contributed by atoms with Gasteiger partial charge in [-0.3, -0.25) is 4.79 Å². The maximum Gasteiger partial charge on any atom is 0.273 e. The number of rotatable bonds is 4. The Bertz CT molecular complexity index is 829. The van der Waals surface area contributed by atoms with E-state index in [0.29, 0.717) is 22.4 Å². The van der Waals surface area contributed by atoms with Gasteiger partial charge in [-0.2, -0.15) is 0 Å². The average molecular weight is 347 g/mol. The number of benzene rings is 2. The monoisotopic (exact) mass is 346 g/mol. The van der Waals surface area contributed by atoms with Gasteiger partial charge in [-0.15, -0.1) is 0 Å². The number of nitrogens with zero attached hydrogens (tertiary/aromatic N) is 1. The molecule has 0 saturated heterocycles. The van der Waals surface area contributed by atoms with Crippen molar-refractivity contribution >= 4 is 29.1 Å². The molecule has 1 heterocycles. The summed E-state index contributed by atoms with van der Waals surface area (Å²) >= 11 is 11.8. The summed E-state index contributed by atoms with van der Waals surface area (Å²) in [7, 11) is 0. The van der Waals surface area contributed by atoms with Gasteiger partial charge in [0, 0.05) is 28.2 Å². The molecule has 116 valence electrons. The van der Waals surface area contributed by atoms with Gasteiger partial charge < -0.3 is 9.84 Å². The van der Waals surface area contributed by atoms with Crippen molar-refractivity contribution in [2.45, 2.75) is 6.54 Å². The van der Waals surface area contributed by atoms with E-state index in [4.69, 9.17) is 27.7 Å². The second kappa shape index (κ2) is 6.86. The molecule has 0 radical (unpaired) electrons. The molecule has 4 nitrogen and oxygen atoms in total. The maximum absolute atomic E-state index is 12.1. The number of nitrogens with one attached hydrogen (secondary N) is 1. The predicted octanol–water partition coefficient (Wildman–Crippen LogP) is 4.58. The molecule has 23 heavy (non-hydrogen) atoms. The number of carbonyl (C=O) groups excluding carboxylic acids is 1. The minimum atomic E-state index is -0.308. The fourth-order valence-corrected chi connectivity index (χ4v) is 2.35. The minimum absolute atomic E-state index is 0.217. The van der Waals surface area contributed by atoms with Gasteiger partial charge in [-0.05, 0) is 29.8 Å². The number of hydrogen-bond donors (Lipinski definition) is 1. The first-order chi connectivity index (χ1) is 11.1. The SMILES string of the molecule is O=C(NCc1ccc(Cl)cc1)c1cc(-c2cccc(Cl)c2)on1. The Morgan fingerprint density at radius 2 is 1.83 bits per heavy atom. The molecule has 0 saturated carbocycles. The van der Waals surface area contributed by atoms with Crippen molar-refractivity contribution in [2.24, 2.45) is 0 Å². The molecule has 0 spiro atoms. The van der Waals surface area contributed by atoms with Gasteiger partial charge in [0.1, 0.15) is 0 Å². The van der Waals surface area contributed by atoms with Crippen LogP contribution in [0.15, 0.2) is 59.1 Å². The normalized spacial score (nSPS) is 10.5. The number of hydrogen-bond acceptors (Lipinski definition) is 3. The summed E-state index contributed by atoms with van der Waals surface area (Å²) < 4.78 is 5.21. The van der Waals surface area contributed by atoms with E-state index in [0.717, 1.165) is 11.1 Å². The van der Waals surface area contributed by atoms with Gasteiger partial charge in [-0.25, -0.2) is 0 Å². The van der Waals surface area contributed by atoms with Crippen LogP contribution in [0.3, 0.4) is 0 Å². The van der Waals surface area contributed by atoms with E-state index in [2.05, 4.69) is 10.5 Å². The van der Waals surface area contributed by atoms with Gasteiger partial charge in [-0.1, -0.05) is 52.6 Å². The first-order valence-electron chi connectivity index (χ1n) is 6.87. The molecule has 0 aliphatic heterocycles. The summed E-state index contributed by atoms with van der Waals surface area (Å²) in [5, 5.41) is 7.82. The highest BCUT2D eigenvalue weighted by atomic mass is 35.5. The number of carbonyl (C=O) groups is 1. The lowest BCUT2D eigenvalue weighted by Gasteiger charge is -2.02. The van der Waals surface area contributed by atoms with E-state index in [9.17, 15) is 4.79 Å². The van der Waals surface area contributed by atoms with Crippen LogP contribution >= 0.6 is 23.2 Å². The summed E-state index contributed by atoms with van der Waals surface area (Å²) in [5.41, 5.74) is 1.93. The third kappa shape index (κ3) is 3.92. The van der Waals surface area contributed by atoms with Crippen molar-refractivity contribution in [3.05, 3.63) is 75.9 Å². The zero-order chi connectivity index (χ0) is 16.2. The molecule has 3 rings (SSSR count). The van der Waals surface area contributed by atoms with Crippen molar-refractivity contribution in [1.82, 2.24) is 10.5 Å². The highest BCUT2D eigenvalue weighted by Gasteiger charge is 2.13. The van der Waals surface area contributed by atoms with Crippen LogP contribution in [0.2, 0.25) is 10.0 Å². The highest BCUT2D eigenvalue weighted by Crippen LogP contribution is 2.23. The molecule has 0 bridgehead atoms. The molecule has 0 fully saturated rings. The van der Waals surface area contributed by atoms with Gasteiger partial charge in [0.2, 0.25) is 0 Å². The Hall–Kier alpha value is -2.30. The summed E-state index contributed by atoms with van der Waals surface area (Å²) in [4.78, 5) is 12.1. The topological polar surface area (TPSA) is 55.1 Å². The molecular formula is C17H12Cl2N2O2. The molecule has 0 atom stereocenters. The quantitative estimate of drug-likeness (QED) is 0.752. The van der Waals surface area contributed by atoms with Crippen molar-refractivity contribution in [3.8, 4) is 11.3 Å². The third-order valence-corrected chi connectivity index (χ3v) is 3.71. The Kier molecular flexibility index (Phi) is 4.65. The average Bonchev–Trinajstić information content (AvgIpc) is 3.04. The zero-order valence-corrected chi connectivity index (χ0v) is 13.4. The van der Waals surface area contributed by atoms with E-state index < -0.39 is 0 Å². The van der Waals surface area contributed by atoms with Crippen LogP contribution in [0.4, 0.5) is 0 Å². The summed E-state index contributed by atoms with van der Waals surface area (Å²) in [6, 6.07) is 16.0. The molecule has 2 aromatic carbocycles. The Morgan fingerprint density at radius 3 is 2.57 bits per heavy atom. The number of amides is 1. The van der Waals surface area contributed by atoms with Gasteiger partial charge in [0.25, 0.3) is 5.91 Å². The Balaban J connectivity index is 1.67. The fraction of sp³-hybridized carbons (Fsp3) is 0.0588. The molecule has 3 aromatic rings. The Morgan fingerprint density at radius 1 is 1.04 bits per heavy atom. The summed E-state index contributed by atoms with van der Waals surface area (Å²) in [5.74, 6) is 0.182. The van der Waals surface area contributed by atoms with Crippen molar-refractivity contribution in [2.75, 3.05) is 0 Å². The maximum atomic E-state index is 12.1. The predicted molar refractivity (Wildman–Crippen MR) is 89.6 cm³/mol. The van der Waals surface area contributed by atoms with Gasteiger partial charge >= 0.3 is 0 Å². The summed E-state index contributed by atoms with van der Waals surface area (Å²) in [6.45, 7) is 0.384. The standard InChI is InChI=1S/C17H12Cl2N2O2/c18-13-6-4-11(5-7-13)10-20-17(22)15-9-16(23-21-15)12-2-1-3-14(19)8-12/h1-9H,10H2,(H,20,22). The van der Waals surface area contributed by atoms with Crippen molar-refractivity contribution < 1.29 is 9.32 Å². The lowest BCUT2D eigenvalue weighted by molar-refractivity contribution is 0.0942. The van der Waals surface area contributed by atoms with E-state index in [1.807, 2.05) is 18.2 Å². The van der Waals surface area contributed by atoms with Crippen LogP contribution in [0, 0.1) is 0 Å². The molecular weight excluding hydrogens is 335 g/mol. The first kappa shape index (κ1) is 15.6. The molecule has 1 N–H and O–H groups in total. The van der Waals surface area contributed by atoms with Crippen LogP contribution in [0.25, 0.3) is 11.3 Å². The smallest absolute Gasteiger partial charge is 0.273 e. The third-order valence-electron chi connectivity index (χ3n) is 3.22. The van der Waals surface area contributed by atoms with Gasteiger partial charge in [0.15, 0.2) is 11.5 Å². The first-order valence-corrected chi connectivity index (χ1v) is 7.63. The van der Waals surface area contributed by atoms with Crippen LogP contribution in [-0.2, 0) is 6.54 Å². The lowest BCUT2D eigenvalue weighted by atomic mass is 10.1. The van der Waals surface area contributed by atoms with Crippen molar-refractivity contribution in [1.29, 1.82) is 0 Å². The second-order valence-corrected chi connectivity index (χ2v) is 5.77. The molecule has 1 aromatic heterocycles. The van der Waals surface area contributed by atoms with Crippen LogP contribution < -0.4 is 5.32 Å². The largest absolute Gasteiger partial charge is 0.355 e. The van der Waals surface area contributed by atoms with Crippen LogP contribution in [0.5, 0.6) is 0 Å². The summed E-state index contributed by atoms with van der Waals surface area (Å²) in [6.07, 6.45) is 0. The molecule has 0 aliphatic rings.